The second-order valence-electron chi connectivity index (χ2n) is 2.91. The number of nitrogens with zero attached hydrogens (tertiary/aromatic N) is 1. The van der Waals surface area contributed by atoms with Gasteiger partial charge in [0, 0.05) is 5.71 Å². The molecule has 0 spiro atoms. The fourth-order valence-corrected chi connectivity index (χ4v) is 1.69. The van der Waals surface area contributed by atoms with Crippen LogP contribution in [-0.4, -0.2) is 12.3 Å². The number of allylic oxidation sites excluding steroid dienone is 1. The molecule has 0 bridgehead atoms. The molecule has 1 nitrogen and oxygen atoms in total. The van der Waals surface area contributed by atoms with Gasteiger partial charge in [-0.2, -0.15) is 0 Å². The van der Waals surface area contributed by atoms with Crippen LogP contribution < -0.4 is 0 Å². The molecule has 0 saturated heterocycles. The third-order valence-corrected chi connectivity index (χ3v) is 2.35. The minimum Gasteiger partial charge on any atom is -0.285 e. The van der Waals surface area contributed by atoms with Crippen molar-refractivity contribution < 1.29 is 0 Å². The summed E-state index contributed by atoms with van der Waals surface area (Å²) in [7, 11) is 0. The number of rotatable bonds is 3. The molecular weight excluding hydrogens is 134 g/mol. The van der Waals surface area contributed by atoms with E-state index in [1.165, 1.54) is 17.7 Å². The molecule has 0 aromatic rings. The average Bonchev–Trinajstić information content (AvgIpc) is 2.45. The summed E-state index contributed by atoms with van der Waals surface area (Å²) in [6, 6.07) is 0. The first-order valence-electron chi connectivity index (χ1n) is 4.58. The molecule has 1 aliphatic rings. The Bertz CT molecular complexity index is 199. The highest BCUT2D eigenvalue weighted by atomic mass is 14.8. The summed E-state index contributed by atoms with van der Waals surface area (Å²) in [5.74, 6) is 0. The highest BCUT2D eigenvalue weighted by molar-refractivity contribution is 6.02. The van der Waals surface area contributed by atoms with Gasteiger partial charge in [-0.15, -0.1) is 0 Å². The fourth-order valence-electron chi connectivity index (χ4n) is 1.69. The van der Waals surface area contributed by atoms with Crippen molar-refractivity contribution >= 4 is 5.71 Å². The molecule has 0 aromatic carbocycles. The minimum atomic E-state index is 0.975. The molecule has 1 aliphatic heterocycles. The van der Waals surface area contributed by atoms with Gasteiger partial charge < -0.3 is 0 Å². The molecule has 0 aliphatic carbocycles. The van der Waals surface area contributed by atoms with Crippen molar-refractivity contribution in [1.82, 2.24) is 0 Å². The molecule has 1 rings (SSSR count). The highest BCUT2D eigenvalue weighted by Crippen LogP contribution is 2.22. The first-order chi connectivity index (χ1) is 5.33. The van der Waals surface area contributed by atoms with Crippen LogP contribution in [0.25, 0.3) is 0 Å². The Balaban J connectivity index is 2.80. The number of hydrogen-bond acceptors (Lipinski definition) is 1. The van der Waals surface area contributed by atoms with E-state index in [1.54, 1.807) is 5.57 Å². The Morgan fingerprint density at radius 3 is 2.27 bits per heavy atom. The predicted octanol–water partition coefficient (Wildman–Crippen LogP) is 2.97. The zero-order valence-corrected chi connectivity index (χ0v) is 7.78. The summed E-state index contributed by atoms with van der Waals surface area (Å²) in [6.45, 7) is 7.61. The van der Waals surface area contributed by atoms with Gasteiger partial charge >= 0.3 is 0 Å². The minimum absolute atomic E-state index is 0.975. The van der Waals surface area contributed by atoms with Gasteiger partial charge in [0.15, 0.2) is 0 Å². The SMILES string of the molecule is CCC1=NCC(CC)=C1CC. The monoisotopic (exact) mass is 151 g/mol. The molecule has 62 valence electrons. The van der Waals surface area contributed by atoms with E-state index in [0.717, 1.165) is 19.4 Å². The van der Waals surface area contributed by atoms with Gasteiger partial charge in [-0.1, -0.05) is 20.8 Å². The topological polar surface area (TPSA) is 12.4 Å². The van der Waals surface area contributed by atoms with E-state index in [0.29, 0.717) is 0 Å². The second-order valence-corrected chi connectivity index (χ2v) is 2.91. The summed E-state index contributed by atoms with van der Waals surface area (Å²) in [5, 5.41) is 0. The summed E-state index contributed by atoms with van der Waals surface area (Å²) < 4.78 is 0. The summed E-state index contributed by atoms with van der Waals surface area (Å²) in [5.41, 5.74) is 4.45. The smallest absolute Gasteiger partial charge is 0.0609 e. The van der Waals surface area contributed by atoms with Crippen LogP contribution in [0.3, 0.4) is 0 Å². The van der Waals surface area contributed by atoms with Crippen molar-refractivity contribution in [1.29, 1.82) is 0 Å². The summed E-state index contributed by atoms with van der Waals surface area (Å²) in [6.07, 6.45) is 3.44. The number of aliphatic imine (C=N–C) groups is 1. The van der Waals surface area contributed by atoms with Gasteiger partial charge in [0.05, 0.1) is 6.54 Å². The van der Waals surface area contributed by atoms with Crippen molar-refractivity contribution in [2.24, 2.45) is 4.99 Å². The third-order valence-electron chi connectivity index (χ3n) is 2.35. The van der Waals surface area contributed by atoms with Gasteiger partial charge in [-0.05, 0) is 30.4 Å². The molecule has 1 heteroatoms. The van der Waals surface area contributed by atoms with Crippen molar-refractivity contribution in [2.45, 2.75) is 40.0 Å². The van der Waals surface area contributed by atoms with Crippen molar-refractivity contribution in [3.05, 3.63) is 11.1 Å². The van der Waals surface area contributed by atoms with E-state index in [2.05, 4.69) is 25.8 Å². The molecule has 0 amide bonds. The Morgan fingerprint density at radius 2 is 1.82 bits per heavy atom. The maximum atomic E-state index is 4.50. The Labute approximate surface area is 69.2 Å². The molecule has 0 unspecified atom stereocenters. The summed E-state index contributed by atoms with van der Waals surface area (Å²) in [4.78, 5) is 4.50. The normalized spacial score (nSPS) is 17.5. The van der Waals surface area contributed by atoms with Gasteiger partial charge in [-0.3, -0.25) is 4.99 Å². The van der Waals surface area contributed by atoms with Crippen molar-refractivity contribution in [2.75, 3.05) is 6.54 Å². The lowest BCUT2D eigenvalue weighted by molar-refractivity contribution is 0.998. The third kappa shape index (κ3) is 1.52. The molecule has 0 fully saturated rings. The van der Waals surface area contributed by atoms with Gasteiger partial charge in [0.2, 0.25) is 0 Å². The molecule has 0 N–H and O–H groups in total. The number of hydrogen-bond donors (Lipinski definition) is 0. The first-order valence-corrected chi connectivity index (χ1v) is 4.58. The lowest BCUT2D eigenvalue weighted by atomic mass is 10.0. The van der Waals surface area contributed by atoms with Crippen LogP contribution in [0.2, 0.25) is 0 Å². The van der Waals surface area contributed by atoms with E-state index < -0.39 is 0 Å². The Morgan fingerprint density at radius 1 is 1.09 bits per heavy atom. The van der Waals surface area contributed by atoms with Gasteiger partial charge in [-0.25, -0.2) is 0 Å². The first kappa shape index (κ1) is 8.51. The lowest BCUT2D eigenvalue weighted by Gasteiger charge is -2.03. The Kier molecular flexibility index (Phi) is 2.86. The van der Waals surface area contributed by atoms with Crippen LogP contribution >= 0.6 is 0 Å². The molecular formula is C10H17N. The van der Waals surface area contributed by atoms with Gasteiger partial charge in [0.25, 0.3) is 0 Å². The van der Waals surface area contributed by atoms with Crippen LogP contribution in [0.5, 0.6) is 0 Å². The maximum absolute atomic E-state index is 4.50. The predicted molar refractivity (Wildman–Crippen MR) is 50.2 cm³/mol. The molecule has 0 aromatic heterocycles. The second kappa shape index (κ2) is 3.70. The highest BCUT2D eigenvalue weighted by Gasteiger charge is 2.13. The molecule has 11 heavy (non-hydrogen) atoms. The van der Waals surface area contributed by atoms with E-state index in [1.807, 2.05) is 0 Å². The van der Waals surface area contributed by atoms with Crippen LogP contribution in [0.1, 0.15) is 40.0 Å². The molecule has 1 heterocycles. The fraction of sp³-hybridized carbons (Fsp3) is 0.700. The Hall–Kier alpha value is -0.590. The van der Waals surface area contributed by atoms with Crippen LogP contribution in [-0.2, 0) is 0 Å². The maximum Gasteiger partial charge on any atom is 0.0609 e. The van der Waals surface area contributed by atoms with Crippen LogP contribution in [0.4, 0.5) is 0 Å². The van der Waals surface area contributed by atoms with Crippen LogP contribution in [0, 0.1) is 0 Å². The van der Waals surface area contributed by atoms with E-state index in [4.69, 9.17) is 0 Å². The van der Waals surface area contributed by atoms with E-state index in [9.17, 15) is 0 Å². The molecule has 0 atom stereocenters. The van der Waals surface area contributed by atoms with Crippen molar-refractivity contribution in [3.63, 3.8) is 0 Å². The van der Waals surface area contributed by atoms with E-state index >= 15 is 0 Å². The largest absolute Gasteiger partial charge is 0.285 e. The summed E-state index contributed by atoms with van der Waals surface area (Å²) >= 11 is 0. The quantitative estimate of drug-likeness (QED) is 0.588. The molecule has 0 radical (unpaired) electrons. The van der Waals surface area contributed by atoms with Crippen molar-refractivity contribution in [3.8, 4) is 0 Å². The van der Waals surface area contributed by atoms with E-state index in [-0.39, 0.29) is 0 Å². The van der Waals surface area contributed by atoms with Gasteiger partial charge in [0.1, 0.15) is 0 Å². The zero-order chi connectivity index (χ0) is 8.27. The standard InChI is InChI=1S/C10H17N/c1-4-8-7-11-10(6-3)9(8)5-2/h4-7H2,1-3H3. The average molecular weight is 151 g/mol. The zero-order valence-electron chi connectivity index (χ0n) is 7.78. The van der Waals surface area contributed by atoms with Crippen LogP contribution in [0.15, 0.2) is 16.1 Å². The lowest BCUT2D eigenvalue weighted by Crippen LogP contribution is -1.97. The molecule has 0 saturated carbocycles.